The van der Waals surface area contributed by atoms with Gasteiger partial charge in [-0.05, 0) is 49.4 Å². The van der Waals surface area contributed by atoms with E-state index in [-0.39, 0.29) is 12.3 Å². The zero-order chi connectivity index (χ0) is 21.0. The molecule has 1 aromatic heterocycles. The van der Waals surface area contributed by atoms with Gasteiger partial charge in [0.2, 0.25) is 11.7 Å². The van der Waals surface area contributed by atoms with Gasteiger partial charge in [0.05, 0.1) is 6.54 Å². The van der Waals surface area contributed by atoms with Crippen LogP contribution < -0.4 is 10.6 Å². The SMILES string of the molecule is Cc1c(C(=O)OCC(=O)NCC(=O)Nc2ccc(F)cc2)oc2ccc(Br)cc12. The average Bonchev–Trinajstić information content (AvgIpc) is 3.02. The number of anilines is 1. The molecule has 29 heavy (non-hydrogen) atoms. The molecule has 2 N–H and O–H groups in total. The van der Waals surface area contributed by atoms with Crippen molar-refractivity contribution in [2.45, 2.75) is 6.92 Å². The van der Waals surface area contributed by atoms with Gasteiger partial charge in [0.25, 0.3) is 5.91 Å². The Hall–Kier alpha value is -3.20. The molecule has 0 fully saturated rings. The number of aryl methyl sites for hydroxylation is 1. The van der Waals surface area contributed by atoms with Gasteiger partial charge >= 0.3 is 5.97 Å². The van der Waals surface area contributed by atoms with Crippen LogP contribution in [-0.4, -0.2) is 30.9 Å². The highest BCUT2D eigenvalue weighted by molar-refractivity contribution is 9.10. The Bertz CT molecular complexity index is 1080. The summed E-state index contributed by atoms with van der Waals surface area (Å²) in [7, 11) is 0. The minimum atomic E-state index is -0.777. The molecule has 3 aromatic rings. The predicted molar refractivity (Wildman–Crippen MR) is 107 cm³/mol. The van der Waals surface area contributed by atoms with Crippen molar-refractivity contribution in [2.75, 3.05) is 18.5 Å². The number of hydrogen-bond donors (Lipinski definition) is 2. The molecule has 150 valence electrons. The summed E-state index contributed by atoms with van der Waals surface area (Å²) in [6.07, 6.45) is 0. The first kappa shape index (κ1) is 20.5. The summed E-state index contributed by atoms with van der Waals surface area (Å²) in [5, 5.41) is 5.58. The molecule has 9 heteroatoms. The molecule has 0 saturated carbocycles. The number of rotatable bonds is 6. The first-order chi connectivity index (χ1) is 13.8. The predicted octanol–water partition coefficient (Wildman–Crippen LogP) is 3.55. The highest BCUT2D eigenvalue weighted by Crippen LogP contribution is 2.28. The Kier molecular flexibility index (Phi) is 6.28. The van der Waals surface area contributed by atoms with Gasteiger partial charge in [-0.2, -0.15) is 0 Å². The van der Waals surface area contributed by atoms with Crippen LogP contribution in [0.5, 0.6) is 0 Å². The van der Waals surface area contributed by atoms with Gasteiger partial charge in [-0.1, -0.05) is 15.9 Å². The lowest BCUT2D eigenvalue weighted by atomic mass is 10.1. The number of nitrogens with one attached hydrogen (secondary N) is 2. The lowest BCUT2D eigenvalue weighted by Gasteiger charge is -2.07. The smallest absolute Gasteiger partial charge is 0.375 e. The molecule has 0 unspecified atom stereocenters. The van der Waals surface area contributed by atoms with Crippen molar-refractivity contribution < 1.29 is 27.9 Å². The van der Waals surface area contributed by atoms with E-state index >= 15 is 0 Å². The number of fused-ring (bicyclic) bond motifs is 1. The lowest BCUT2D eigenvalue weighted by Crippen LogP contribution is -2.35. The van der Waals surface area contributed by atoms with Crippen LogP contribution in [0.3, 0.4) is 0 Å². The van der Waals surface area contributed by atoms with Crippen molar-refractivity contribution in [3.63, 3.8) is 0 Å². The normalized spacial score (nSPS) is 10.6. The summed E-state index contributed by atoms with van der Waals surface area (Å²) in [6, 6.07) is 10.5. The van der Waals surface area contributed by atoms with Gasteiger partial charge in [0.1, 0.15) is 11.4 Å². The van der Waals surface area contributed by atoms with E-state index in [1.165, 1.54) is 24.3 Å². The van der Waals surface area contributed by atoms with E-state index in [4.69, 9.17) is 9.15 Å². The van der Waals surface area contributed by atoms with E-state index < -0.39 is 30.2 Å². The number of halogens is 2. The van der Waals surface area contributed by atoms with E-state index in [1.807, 2.05) is 6.07 Å². The quantitative estimate of drug-likeness (QED) is 0.545. The molecular weight excluding hydrogens is 447 g/mol. The second-order valence-corrected chi connectivity index (χ2v) is 7.02. The average molecular weight is 463 g/mol. The van der Waals surface area contributed by atoms with Crippen molar-refractivity contribution in [1.29, 1.82) is 0 Å². The summed E-state index contributed by atoms with van der Waals surface area (Å²) < 4.78 is 24.1. The Morgan fingerprint density at radius 1 is 1.10 bits per heavy atom. The minimum absolute atomic E-state index is 0.0138. The van der Waals surface area contributed by atoms with Crippen LogP contribution in [0.25, 0.3) is 11.0 Å². The van der Waals surface area contributed by atoms with Crippen LogP contribution in [0, 0.1) is 12.7 Å². The molecular formula is C20H16BrFN2O5. The largest absolute Gasteiger partial charge is 0.450 e. The molecule has 0 spiro atoms. The van der Waals surface area contributed by atoms with Crippen molar-refractivity contribution >= 4 is 50.4 Å². The summed E-state index contributed by atoms with van der Waals surface area (Å²) in [4.78, 5) is 35.8. The molecule has 7 nitrogen and oxygen atoms in total. The van der Waals surface area contributed by atoms with Gasteiger partial charge in [-0.25, -0.2) is 9.18 Å². The molecule has 0 aliphatic rings. The highest BCUT2D eigenvalue weighted by Gasteiger charge is 2.20. The van der Waals surface area contributed by atoms with Crippen molar-refractivity contribution in [3.8, 4) is 0 Å². The summed E-state index contributed by atoms with van der Waals surface area (Å²) in [6.45, 7) is 0.822. The second kappa shape index (κ2) is 8.87. The number of esters is 1. The first-order valence-corrected chi connectivity index (χ1v) is 9.30. The third kappa shape index (κ3) is 5.20. The fourth-order valence-corrected chi connectivity index (χ4v) is 2.91. The number of benzene rings is 2. The van der Waals surface area contributed by atoms with Gasteiger partial charge in [0.15, 0.2) is 6.61 Å². The van der Waals surface area contributed by atoms with Crippen LogP contribution in [-0.2, 0) is 14.3 Å². The monoisotopic (exact) mass is 462 g/mol. The standard InChI is InChI=1S/C20H16BrFN2O5/c1-11-15-8-12(21)2-7-16(15)29-19(11)20(27)28-10-18(26)23-9-17(25)24-14-5-3-13(22)4-6-14/h2-8H,9-10H2,1H3,(H,23,26)(H,24,25). The second-order valence-electron chi connectivity index (χ2n) is 6.10. The number of furan rings is 1. The molecule has 0 atom stereocenters. The van der Waals surface area contributed by atoms with Crippen molar-refractivity contribution in [2.24, 2.45) is 0 Å². The number of hydrogen-bond acceptors (Lipinski definition) is 5. The van der Waals surface area contributed by atoms with Crippen molar-refractivity contribution in [1.82, 2.24) is 5.32 Å². The Morgan fingerprint density at radius 2 is 1.83 bits per heavy atom. The third-order valence-electron chi connectivity index (χ3n) is 3.99. The van der Waals surface area contributed by atoms with Gasteiger partial charge in [0, 0.05) is 21.1 Å². The van der Waals surface area contributed by atoms with Gasteiger partial charge in [-0.15, -0.1) is 0 Å². The molecule has 2 amide bonds. The minimum Gasteiger partial charge on any atom is -0.450 e. The third-order valence-corrected chi connectivity index (χ3v) is 4.49. The maximum atomic E-state index is 12.8. The number of amides is 2. The highest BCUT2D eigenvalue weighted by atomic mass is 79.9. The molecule has 0 bridgehead atoms. The molecule has 0 aliphatic carbocycles. The first-order valence-electron chi connectivity index (χ1n) is 8.51. The molecule has 0 saturated heterocycles. The van der Waals surface area contributed by atoms with E-state index in [9.17, 15) is 18.8 Å². The fourth-order valence-electron chi connectivity index (χ4n) is 2.55. The van der Waals surface area contributed by atoms with E-state index in [1.54, 1.807) is 19.1 Å². The Labute approximate surface area is 173 Å². The molecule has 2 aromatic carbocycles. The maximum Gasteiger partial charge on any atom is 0.375 e. The fraction of sp³-hybridized carbons (Fsp3) is 0.150. The maximum absolute atomic E-state index is 12.8. The molecule has 3 rings (SSSR count). The molecule has 0 aliphatic heterocycles. The number of carbonyl (C=O) groups excluding carboxylic acids is 3. The summed E-state index contributed by atoms with van der Waals surface area (Å²) >= 11 is 3.36. The topological polar surface area (TPSA) is 97.6 Å². The zero-order valence-corrected chi connectivity index (χ0v) is 16.8. The van der Waals surface area contributed by atoms with E-state index in [0.29, 0.717) is 16.8 Å². The van der Waals surface area contributed by atoms with Crippen LogP contribution in [0.15, 0.2) is 51.4 Å². The number of carbonyl (C=O) groups is 3. The van der Waals surface area contributed by atoms with E-state index in [2.05, 4.69) is 26.6 Å². The van der Waals surface area contributed by atoms with Gasteiger partial charge < -0.3 is 19.8 Å². The molecule has 0 radical (unpaired) electrons. The van der Waals surface area contributed by atoms with Crippen LogP contribution in [0.4, 0.5) is 10.1 Å². The van der Waals surface area contributed by atoms with Crippen LogP contribution >= 0.6 is 15.9 Å². The Balaban J connectivity index is 1.49. The summed E-state index contributed by atoms with van der Waals surface area (Å²) in [5.41, 5.74) is 1.52. The Morgan fingerprint density at radius 3 is 2.55 bits per heavy atom. The van der Waals surface area contributed by atoms with Gasteiger partial charge in [-0.3, -0.25) is 9.59 Å². The van der Waals surface area contributed by atoms with E-state index in [0.717, 1.165) is 9.86 Å². The van der Waals surface area contributed by atoms with Crippen LogP contribution in [0.1, 0.15) is 16.1 Å². The molecule has 1 heterocycles. The zero-order valence-electron chi connectivity index (χ0n) is 15.3. The van der Waals surface area contributed by atoms with Crippen LogP contribution in [0.2, 0.25) is 0 Å². The van der Waals surface area contributed by atoms with Crippen molar-refractivity contribution in [3.05, 3.63) is 64.1 Å². The lowest BCUT2D eigenvalue weighted by molar-refractivity contribution is -0.126. The summed E-state index contributed by atoms with van der Waals surface area (Å²) in [5.74, 6) is -2.34. The number of ether oxygens (including phenoxy) is 1.